The van der Waals surface area contributed by atoms with Gasteiger partial charge in [0.15, 0.2) is 0 Å². The van der Waals surface area contributed by atoms with Crippen molar-refractivity contribution < 1.29 is 18.4 Å². The number of nitrogens with zero attached hydrogens (tertiary/aromatic N) is 4. The average molecular weight is 523 g/mol. The van der Waals surface area contributed by atoms with Crippen LogP contribution < -0.4 is 4.90 Å². The molecule has 192 valence electrons. The maximum absolute atomic E-state index is 14.4. The van der Waals surface area contributed by atoms with Gasteiger partial charge >= 0.3 is 0 Å². The molecule has 0 radical (unpaired) electrons. The summed E-state index contributed by atoms with van der Waals surface area (Å²) in [5, 5.41) is 4.14. The molecule has 3 heterocycles. The van der Waals surface area contributed by atoms with Crippen molar-refractivity contribution in [3.8, 4) is 11.1 Å². The van der Waals surface area contributed by atoms with E-state index < -0.39 is 5.82 Å². The summed E-state index contributed by atoms with van der Waals surface area (Å²) in [6.45, 7) is 3.83. The van der Waals surface area contributed by atoms with Crippen molar-refractivity contribution in [2.75, 3.05) is 12.0 Å². The largest absolute Gasteiger partial charge is 0.381 e. The molecule has 2 aromatic heterocycles. The maximum Gasteiger partial charge on any atom is 0.227 e. The Bertz CT molecular complexity index is 1490. The average Bonchev–Trinajstić information content (AvgIpc) is 3.65. The van der Waals surface area contributed by atoms with E-state index >= 15 is 0 Å². The Morgan fingerprint density at radius 1 is 1.14 bits per heavy atom. The molecule has 37 heavy (non-hydrogen) atoms. The molecule has 1 aliphatic carbocycles. The molecular formula is C28H28ClFN4O3. The summed E-state index contributed by atoms with van der Waals surface area (Å²) in [5.41, 5.74) is 5.12. The number of amides is 1. The van der Waals surface area contributed by atoms with Crippen LogP contribution in [0.15, 0.2) is 40.9 Å². The third-order valence-electron chi connectivity index (χ3n) is 7.79. The van der Waals surface area contributed by atoms with E-state index in [0.717, 1.165) is 58.7 Å². The number of rotatable bonds is 5. The van der Waals surface area contributed by atoms with Gasteiger partial charge in [0.05, 0.1) is 33.9 Å². The Balaban J connectivity index is 1.50. The zero-order chi connectivity index (χ0) is 25.8. The van der Waals surface area contributed by atoms with Gasteiger partial charge in [-0.3, -0.25) is 4.79 Å². The fraction of sp³-hybridized carbons (Fsp3) is 0.393. The minimum atomic E-state index is -0.547. The molecule has 2 aliphatic rings. The Kier molecular flexibility index (Phi) is 6.04. The van der Waals surface area contributed by atoms with Gasteiger partial charge in [-0.1, -0.05) is 22.8 Å². The number of carbonyl (C=O) groups is 1. The second-order valence-electron chi connectivity index (χ2n) is 9.98. The van der Waals surface area contributed by atoms with Crippen LogP contribution >= 0.6 is 11.6 Å². The first-order valence-corrected chi connectivity index (χ1v) is 13.0. The Hall–Kier alpha value is -3.23. The second kappa shape index (κ2) is 9.26. The summed E-state index contributed by atoms with van der Waals surface area (Å²) in [6, 6.07) is 10.6. The number of anilines is 1. The number of fused-ring (bicyclic) bond motifs is 1. The van der Waals surface area contributed by atoms with Gasteiger partial charge in [0, 0.05) is 30.8 Å². The first-order chi connectivity index (χ1) is 17.9. The minimum Gasteiger partial charge on any atom is -0.381 e. The normalized spacial score (nSPS) is 22.0. The van der Waals surface area contributed by atoms with Crippen molar-refractivity contribution in [2.45, 2.75) is 64.1 Å². The molecule has 9 heteroatoms. The molecule has 1 saturated carbocycles. The Morgan fingerprint density at radius 2 is 1.97 bits per heavy atom. The van der Waals surface area contributed by atoms with E-state index in [4.69, 9.17) is 25.8 Å². The molecule has 1 unspecified atom stereocenters. The highest BCUT2D eigenvalue weighted by Gasteiger charge is 2.39. The summed E-state index contributed by atoms with van der Waals surface area (Å²) in [7, 11) is 1.75. The van der Waals surface area contributed by atoms with Crippen LogP contribution in [0.5, 0.6) is 0 Å². The molecular weight excluding hydrogens is 495 g/mol. The zero-order valence-electron chi connectivity index (χ0n) is 21.0. The number of aryl methyl sites for hydroxylation is 2. The number of halogens is 2. The van der Waals surface area contributed by atoms with E-state index in [0.29, 0.717) is 18.5 Å². The Labute approximate surface area is 219 Å². The third-order valence-corrected chi connectivity index (χ3v) is 8.09. The van der Waals surface area contributed by atoms with Crippen molar-refractivity contribution in [2.24, 2.45) is 0 Å². The predicted octanol–water partition coefficient (Wildman–Crippen LogP) is 6.71. The summed E-state index contributed by atoms with van der Waals surface area (Å²) < 4.78 is 27.7. The molecule has 6 rings (SSSR count). The van der Waals surface area contributed by atoms with Crippen LogP contribution in [-0.4, -0.2) is 33.8 Å². The topological polar surface area (TPSA) is 73.4 Å². The molecule has 0 N–H and O–H groups in total. The second-order valence-corrected chi connectivity index (χ2v) is 10.4. The van der Waals surface area contributed by atoms with Crippen LogP contribution in [0.3, 0.4) is 0 Å². The van der Waals surface area contributed by atoms with Gasteiger partial charge in [-0.05, 0) is 75.4 Å². The molecule has 1 aliphatic heterocycles. The number of aromatic nitrogens is 3. The van der Waals surface area contributed by atoms with E-state index in [-0.39, 0.29) is 29.1 Å². The van der Waals surface area contributed by atoms with Crippen molar-refractivity contribution in [1.29, 1.82) is 0 Å². The van der Waals surface area contributed by atoms with Crippen LogP contribution in [0, 0.1) is 19.7 Å². The maximum atomic E-state index is 14.4. The molecule has 3 atom stereocenters. The lowest BCUT2D eigenvalue weighted by Gasteiger charge is -2.27. The number of carbonyl (C=O) groups excluding carboxylic acids is 1. The number of hydrogen-bond acceptors (Lipinski definition) is 5. The summed E-state index contributed by atoms with van der Waals surface area (Å²) in [4.78, 5) is 19.9. The van der Waals surface area contributed by atoms with E-state index in [1.807, 2.05) is 13.8 Å². The summed E-state index contributed by atoms with van der Waals surface area (Å²) >= 11 is 5.93. The summed E-state index contributed by atoms with van der Waals surface area (Å²) in [5.74, 6) is 0.971. The van der Waals surface area contributed by atoms with E-state index in [1.165, 1.54) is 12.1 Å². The zero-order valence-corrected chi connectivity index (χ0v) is 21.8. The minimum absolute atomic E-state index is 0.0302. The van der Waals surface area contributed by atoms with Gasteiger partial charge in [0.25, 0.3) is 0 Å². The number of ether oxygens (including phenoxy) is 1. The van der Waals surface area contributed by atoms with Gasteiger partial charge in [0.1, 0.15) is 17.4 Å². The molecule has 0 spiro atoms. The van der Waals surface area contributed by atoms with Crippen molar-refractivity contribution in [3.63, 3.8) is 0 Å². The van der Waals surface area contributed by atoms with Crippen LogP contribution in [-0.2, 0) is 9.53 Å². The smallest absolute Gasteiger partial charge is 0.227 e. The standard InChI is InChI=1S/C28H28ClFN4O3/c1-15-27(16(2)37-32-15)17-4-9-24-23(12-17)31-28(34(24)18-5-7-20(13-18)36-3)25-10-11-26(35)33(25)19-6-8-21(29)22(30)14-19/h4,6,8-9,12,14,18,20,25H,5,7,10-11,13H2,1-3H3/t18-,20-,25?/m1/s1. The van der Waals surface area contributed by atoms with Gasteiger partial charge < -0.3 is 18.7 Å². The molecule has 0 bridgehead atoms. The van der Waals surface area contributed by atoms with Crippen molar-refractivity contribution in [3.05, 3.63) is 64.5 Å². The van der Waals surface area contributed by atoms with Gasteiger partial charge in [-0.2, -0.15) is 0 Å². The summed E-state index contributed by atoms with van der Waals surface area (Å²) in [6.07, 6.45) is 3.95. The highest BCUT2D eigenvalue weighted by Crippen LogP contribution is 2.43. The van der Waals surface area contributed by atoms with Gasteiger partial charge in [0.2, 0.25) is 5.91 Å². The molecule has 1 saturated heterocycles. The molecule has 7 nitrogen and oxygen atoms in total. The fourth-order valence-electron chi connectivity index (χ4n) is 6.04. The van der Waals surface area contributed by atoms with Gasteiger partial charge in [-0.25, -0.2) is 9.37 Å². The monoisotopic (exact) mass is 522 g/mol. The lowest BCUT2D eigenvalue weighted by molar-refractivity contribution is -0.117. The molecule has 1 amide bonds. The molecule has 4 aromatic rings. The van der Waals surface area contributed by atoms with Crippen LogP contribution in [0.1, 0.15) is 61.5 Å². The van der Waals surface area contributed by atoms with E-state index in [2.05, 4.69) is 27.9 Å². The van der Waals surface area contributed by atoms with Crippen LogP contribution in [0.25, 0.3) is 22.2 Å². The van der Waals surface area contributed by atoms with Crippen LogP contribution in [0.2, 0.25) is 5.02 Å². The van der Waals surface area contributed by atoms with Crippen molar-refractivity contribution in [1.82, 2.24) is 14.7 Å². The first kappa shape index (κ1) is 24.1. The number of hydrogen-bond donors (Lipinski definition) is 0. The van der Waals surface area contributed by atoms with Crippen LogP contribution in [0.4, 0.5) is 10.1 Å². The highest BCUT2D eigenvalue weighted by atomic mass is 35.5. The van der Waals surface area contributed by atoms with E-state index in [1.54, 1.807) is 18.1 Å². The highest BCUT2D eigenvalue weighted by molar-refractivity contribution is 6.30. The number of methoxy groups -OCH3 is 1. The predicted molar refractivity (Wildman–Crippen MR) is 139 cm³/mol. The quantitative estimate of drug-likeness (QED) is 0.291. The van der Waals surface area contributed by atoms with E-state index in [9.17, 15) is 9.18 Å². The first-order valence-electron chi connectivity index (χ1n) is 12.6. The number of imidazole rings is 1. The molecule has 2 fully saturated rings. The SMILES string of the molecule is CO[C@@H]1CC[C@@H](n2c(C3CCC(=O)N3c3ccc(Cl)c(F)c3)nc3cc(-c4c(C)noc4C)ccc32)C1. The lowest BCUT2D eigenvalue weighted by atomic mass is 10.0. The van der Waals surface area contributed by atoms with Crippen molar-refractivity contribution >= 4 is 34.2 Å². The number of benzene rings is 2. The Morgan fingerprint density at radius 3 is 2.68 bits per heavy atom. The third kappa shape index (κ3) is 4.03. The van der Waals surface area contributed by atoms with Gasteiger partial charge in [-0.15, -0.1) is 0 Å². The lowest BCUT2D eigenvalue weighted by Crippen LogP contribution is -2.30. The molecule has 2 aromatic carbocycles. The fourth-order valence-corrected chi connectivity index (χ4v) is 6.16.